The molecule has 0 radical (unpaired) electrons. The van der Waals surface area contributed by atoms with Crippen molar-refractivity contribution in [2.24, 2.45) is 0 Å². The Bertz CT molecular complexity index is 1040. The van der Waals surface area contributed by atoms with Crippen molar-refractivity contribution >= 4 is 39.4 Å². The zero-order chi connectivity index (χ0) is 20.3. The van der Waals surface area contributed by atoms with E-state index in [1.807, 2.05) is 23.6 Å². The lowest BCUT2D eigenvalue weighted by molar-refractivity contribution is 0.102. The molecule has 3 aromatic rings. The maximum atomic E-state index is 13.0. The van der Waals surface area contributed by atoms with E-state index in [2.05, 4.69) is 55.7 Å². The molecule has 6 nitrogen and oxygen atoms in total. The summed E-state index contributed by atoms with van der Waals surface area (Å²) in [6, 6.07) is 16.5. The molecule has 0 bridgehead atoms. The number of fused-ring (bicyclic) bond motifs is 1. The van der Waals surface area contributed by atoms with E-state index in [9.17, 15) is 4.79 Å². The quantitative estimate of drug-likeness (QED) is 0.672. The first-order chi connectivity index (χ1) is 14.8. The second kappa shape index (κ2) is 8.45. The van der Waals surface area contributed by atoms with E-state index in [0.29, 0.717) is 5.69 Å². The van der Waals surface area contributed by atoms with E-state index in [1.165, 1.54) is 22.6 Å². The number of anilines is 4. The van der Waals surface area contributed by atoms with Gasteiger partial charge in [0.05, 0.1) is 11.4 Å². The predicted octanol–water partition coefficient (Wildman–Crippen LogP) is 3.89. The van der Waals surface area contributed by atoms with Crippen LogP contribution in [0.4, 0.5) is 22.2 Å². The Hall–Kier alpha value is -2.90. The van der Waals surface area contributed by atoms with Gasteiger partial charge in [0.25, 0.3) is 5.91 Å². The molecular weight excluding hydrogens is 394 g/mol. The van der Waals surface area contributed by atoms with Crippen molar-refractivity contribution in [3.05, 3.63) is 65.2 Å². The number of amides is 1. The molecule has 0 saturated carbocycles. The highest BCUT2D eigenvalue weighted by molar-refractivity contribution is 7.14. The Morgan fingerprint density at radius 3 is 2.63 bits per heavy atom. The number of aryl methyl sites for hydroxylation is 1. The summed E-state index contributed by atoms with van der Waals surface area (Å²) >= 11 is 1.53. The van der Waals surface area contributed by atoms with Gasteiger partial charge in [0.15, 0.2) is 5.13 Å². The number of nitrogens with one attached hydrogen (secondary N) is 2. The van der Waals surface area contributed by atoms with E-state index in [0.717, 1.165) is 62.1 Å². The number of hydrogen-bond donors (Lipinski definition) is 2. The van der Waals surface area contributed by atoms with Crippen molar-refractivity contribution in [3.8, 4) is 0 Å². The Labute approximate surface area is 180 Å². The largest absolute Gasteiger partial charge is 0.367 e. The van der Waals surface area contributed by atoms with Crippen LogP contribution in [0.15, 0.2) is 53.9 Å². The lowest BCUT2D eigenvalue weighted by atomic mass is 10.0. The highest BCUT2D eigenvalue weighted by atomic mass is 32.1. The molecule has 0 spiro atoms. The van der Waals surface area contributed by atoms with Gasteiger partial charge in [-0.1, -0.05) is 30.3 Å². The summed E-state index contributed by atoms with van der Waals surface area (Å²) in [5.74, 6) is -0.162. The van der Waals surface area contributed by atoms with Crippen molar-refractivity contribution in [1.82, 2.24) is 10.3 Å². The number of hydrogen-bond acceptors (Lipinski definition) is 6. The van der Waals surface area contributed by atoms with E-state index in [-0.39, 0.29) is 5.91 Å². The Balaban J connectivity index is 1.35. The summed E-state index contributed by atoms with van der Waals surface area (Å²) in [4.78, 5) is 22.2. The Morgan fingerprint density at radius 2 is 1.77 bits per heavy atom. The molecule has 7 heteroatoms. The molecule has 0 atom stereocenters. The highest BCUT2D eigenvalue weighted by Gasteiger charge is 2.22. The molecule has 2 aliphatic heterocycles. The first-order valence-electron chi connectivity index (χ1n) is 10.5. The first kappa shape index (κ1) is 19.1. The smallest absolute Gasteiger partial charge is 0.275 e. The van der Waals surface area contributed by atoms with E-state index in [4.69, 9.17) is 0 Å². The Morgan fingerprint density at radius 1 is 1.00 bits per heavy atom. The topological polar surface area (TPSA) is 60.5 Å². The summed E-state index contributed by atoms with van der Waals surface area (Å²) in [6.07, 6.45) is 2.18. The predicted molar refractivity (Wildman–Crippen MR) is 123 cm³/mol. The number of rotatable bonds is 4. The number of piperazine rings is 1. The third-order valence-corrected chi connectivity index (χ3v) is 6.54. The molecule has 154 valence electrons. The van der Waals surface area contributed by atoms with Gasteiger partial charge in [-0.3, -0.25) is 4.79 Å². The third-order valence-electron chi connectivity index (χ3n) is 5.68. The summed E-state index contributed by atoms with van der Waals surface area (Å²) in [5, 5.41) is 9.19. The maximum absolute atomic E-state index is 13.0. The van der Waals surface area contributed by atoms with Crippen molar-refractivity contribution in [1.29, 1.82) is 0 Å². The van der Waals surface area contributed by atoms with Crippen LogP contribution in [0.2, 0.25) is 0 Å². The van der Waals surface area contributed by atoms with Crippen LogP contribution in [-0.2, 0) is 6.42 Å². The molecule has 2 N–H and O–H groups in total. The summed E-state index contributed by atoms with van der Waals surface area (Å²) in [6.45, 7) is 4.70. The summed E-state index contributed by atoms with van der Waals surface area (Å²) in [7, 11) is 0. The fourth-order valence-corrected chi connectivity index (χ4v) is 5.02. The summed E-state index contributed by atoms with van der Waals surface area (Å²) < 4.78 is 0. The van der Waals surface area contributed by atoms with E-state index >= 15 is 0 Å². The maximum Gasteiger partial charge on any atom is 0.275 e. The lowest BCUT2D eigenvalue weighted by Crippen LogP contribution is -2.43. The third kappa shape index (κ3) is 3.78. The van der Waals surface area contributed by atoms with Gasteiger partial charge in [0.1, 0.15) is 5.69 Å². The standard InChI is InChI=1S/C23H25N5OS/c29-22(25-18-8-2-4-10-21(18)27-14-11-24-12-15-27)19-16-30-23(26-19)28-13-5-7-17-6-1-3-9-20(17)28/h1-4,6,8-10,16,24H,5,7,11-15H2,(H,25,29). The summed E-state index contributed by atoms with van der Waals surface area (Å²) in [5.41, 5.74) is 4.91. The highest BCUT2D eigenvalue weighted by Crippen LogP contribution is 2.35. The van der Waals surface area contributed by atoms with Gasteiger partial charge in [-0.25, -0.2) is 4.98 Å². The van der Waals surface area contributed by atoms with Gasteiger partial charge in [0.2, 0.25) is 0 Å². The Kier molecular flexibility index (Phi) is 5.38. The van der Waals surface area contributed by atoms with Crippen LogP contribution < -0.4 is 20.4 Å². The zero-order valence-corrected chi connectivity index (χ0v) is 17.6. The SMILES string of the molecule is O=C(Nc1ccccc1N1CCNCC1)c1csc(N2CCCc3ccccc32)n1. The second-order valence-electron chi connectivity index (χ2n) is 7.61. The number of carbonyl (C=O) groups excluding carboxylic acids is 1. The lowest BCUT2D eigenvalue weighted by Gasteiger charge is -2.31. The minimum absolute atomic E-state index is 0.162. The molecule has 0 aliphatic carbocycles. The minimum atomic E-state index is -0.162. The van der Waals surface area contributed by atoms with Crippen LogP contribution in [-0.4, -0.2) is 43.6 Å². The van der Waals surface area contributed by atoms with Crippen LogP contribution in [0.5, 0.6) is 0 Å². The van der Waals surface area contributed by atoms with Gasteiger partial charge in [-0.05, 0) is 36.6 Å². The van der Waals surface area contributed by atoms with Crippen molar-refractivity contribution < 1.29 is 4.79 Å². The van der Waals surface area contributed by atoms with Crippen LogP contribution in [0.3, 0.4) is 0 Å². The van der Waals surface area contributed by atoms with Crippen molar-refractivity contribution in [3.63, 3.8) is 0 Å². The average Bonchev–Trinajstić information content (AvgIpc) is 3.30. The molecule has 30 heavy (non-hydrogen) atoms. The molecular formula is C23H25N5OS. The van der Waals surface area contributed by atoms with Gasteiger partial charge in [-0.15, -0.1) is 11.3 Å². The number of benzene rings is 2. The van der Waals surface area contributed by atoms with Crippen LogP contribution in [0, 0.1) is 0 Å². The normalized spacial score (nSPS) is 16.3. The zero-order valence-electron chi connectivity index (χ0n) is 16.8. The second-order valence-corrected chi connectivity index (χ2v) is 8.44. The molecule has 1 saturated heterocycles. The van der Waals surface area contributed by atoms with Gasteiger partial charge < -0.3 is 20.4 Å². The molecule has 2 aromatic carbocycles. The molecule has 3 heterocycles. The van der Waals surface area contributed by atoms with Crippen LogP contribution >= 0.6 is 11.3 Å². The number of para-hydroxylation sites is 3. The molecule has 2 aliphatic rings. The minimum Gasteiger partial charge on any atom is -0.367 e. The molecule has 1 amide bonds. The first-order valence-corrected chi connectivity index (χ1v) is 11.3. The van der Waals surface area contributed by atoms with Crippen molar-refractivity contribution in [2.45, 2.75) is 12.8 Å². The number of nitrogens with zero attached hydrogens (tertiary/aromatic N) is 3. The fourth-order valence-electron chi connectivity index (χ4n) is 4.17. The fraction of sp³-hybridized carbons (Fsp3) is 0.304. The van der Waals surface area contributed by atoms with Crippen LogP contribution in [0.1, 0.15) is 22.5 Å². The molecule has 1 fully saturated rings. The van der Waals surface area contributed by atoms with Gasteiger partial charge >= 0.3 is 0 Å². The molecule has 5 rings (SSSR count). The molecule has 1 aromatic heterocycles. The van der Waals surface area contributed by atoms with Gasteiger partial charge in [-0.2, -0.15) is 0 Å². The van der Waals surface area contributed by atoms with Gasteiger partial charge in [0, 0.05) is 43.8 Å². The number of carbonyl (C=O) groups is 1. The van der Waals surface area contributed by atoms with E-state index in [1.54, 1.807) is 0 Å². The monoisotopic (exact) mass is 419 g/mol. The number of thiazole rings is 1. The van der Waals surface area contributed by atoms with E-state index < -0.39 is 0 Å². The molecule has 0 unspecified atom stereocenters. The number of aromatic nitrogens is 1. The van der Waals surface area contributed by atoms with Crippen LogP contribution in [0.25, 0.3) is 0 Å². The average molecular weight is 420 g/mol. The van der Waals surface area contributed by atoms with Crippen molar-refractivity contribution in [2.75, 3.05) is 47.8 Å².